The van der Waals surface area contributed by atoms with Crippen molar-refractivity contribution in [2.75, 3.05) is 0 Å². The summed E-state index contributed by atoms with van der Waals surface area (Å²) in [6.07, 6.45) is 2.61. The third kappa shape index (κ3) is 9.84. The molecule has 1 aliphatic rings. The summed E-state index contributed by atoms with van der Waals surface area (Å²) in [5, 5.41) is 25.0. The average molecular weight is 177 g/mol. The van der Waals surface area contributed by atoms with Crippen LogP contribution in [0, 0.1) is 0 Å². The zero-order valence-corrected chi connectivity index (χ0v) is 7.70. The van der Waals surface area contributed by atoms with Crippen molar-refractivity contribution in [2.24, 2.45) is 5.73 Å². The molecule has 1 fully saturated rings. The van der Waals surface area contributed by atoms with Gasteiger partial charge in [0.1, 0.15) is 0 Å². The highest BCUT2D eigenvalue weighted by Crippen LogP contribution is 2.15. The van der Waals surface area contributed by atoms with Gasteiger partial charge >= 0.3 is 0 Å². The molecule has 74 valence electrons. The minimum atomic E-state index is -1.50. The summed E-state index contributed by atoms with van der Waals surface area (Å²) in [6, 6.07) is 0.273. The van der Waals surface area contributed by atoms with Crippen LogP contribution in [0.3, 0.4) is 0 Å². The quantitative estimate of drug-likeness (QED) is 0.378. The van der Waals surface area contributed by atoms with Crippen molar-refractivity contribution in [1.29, 1.82) is 0 Å². The first kappa shape index (κ1) is 11.8. The van der Waals surface area contributed by atoms with Gasteiger partial charge < -0.3 is 21.1 Å². The van der Waals surface area contributed by atoms with E-state index >= 15 is 0 Å². The Morgan fingerprint density at radius 2 is 1.67 bits per heavy atom. The van der Waals surface area contributed by atoms with Crippen molar-refractivity contribution in [3.05, 3.63) is 0 Å². The fourth-order valence-electron chi connectivity index (χ4n) is 0.992. The van der Waals surface area contributed by atoms with Gasteiger partial charge in [-0.15, -0.1) is 0 Å². The Kier molecular flexibility index (Phi) is 4.70. The third-order valence-corrected chi connectivity index (χ3v) is 1.45. The lowest BCUT2D eigenvalue weighted by atomic mass is 10.3. The lowest BCUT2D eigenvalue weighted by Crippen LogP contribution is -2.15. The van der Waals surface area contributed by atoms with E-state index in [9.17, 15) is 0 Å². The summed E-state index contributed by atoms with van der Waals surface area (Å²) >= 11 is 0. The van der Waals surface area contributed by atoms with E-state index in [1.165, 1.54) is 13.8 Å². The molecule has 0 amide bonds. The van der Waals surface area contributed by atoms with E-state index in [0.29, 0.717) is 0 Å². The third-order valence-electron chi connectivity index (χ3n) is 1.45. The van der Waals surface area contributed by atoms with Crippen molar-refractivity contribution in [2.45, 2.75) is 51.0 Å². The first-order chi connectivity index (χ1) is 5.29. The van der Waals surface area contributed by atoms with Crippen LogP contribution in [-0.2, 0) is 0 Å². The van der Waals surface area contributed by atoms with E-state index in [1.54, 1.807) is 0 Å². The number of aliphatic hydroxyl groups is 3. The van der Waals surface area contributed by atoms with Crippen LogP contribution in [0.1, 0.15) is 33.1 Å². The standard InChI is InChI=1S/C5H11NO.C3H8O2/c6-4-1-2-5(7)3-4;1-3(2,4)5/h4-5,7H,1-3,6H2;4-5H,1-2H3/t4-,5+;/m0./s1. The van der Waals surface area contributed by atoms with Crippen molar-refractivity contribution in [1.82, 2.24) is 0 Å². The summed E-state index contributed by atoms with van der Waals surface area (Å²) in [6.45, 7) is 2.60. The van der Waals surface area contributed by atoms with Gasteiger partial charge in [0.05, 0.1) is 6.10 Å². The van der Waals surface area contributed by atoms with Crippen LogP contribution in [0.5, 0.6) is 0 Å². The number of hydrogen-bond donors (Lipinski definition) is 4. The van der Waals surface area contributed by atoms with Crippen LogP contribution in [0.2, 0.25) is 0 Å². The maximum absolute atomic E-state index is 8.82. The molecular weight excluding hydrogens is 158 g/mol. The van der Waals surface area contributed by atoms with E-state index in [0.717, 1.165) is 19.3 Å². The fraction of sp³-hybridized carbons (Fsp3) is 1.00. The molecule has 4 heteroatoms. The zero-order valence-electron chi connectivity index (χ0n) is 7.70. The van der Waals surface area contributed by atoms with Crippen LogP contribution in [0.15, 0.2) is 0 Å². The first-order valence-corrected chi connectivity index (χ1v) is 4.17. The Balaban J connectivity index is 0.000000217. The summed E-state index contributed by atoms with van der Waals surface area (Å²) < 4.78 is 0. The van der Waals surface area contributed by atoms with Gasteiger partial charge in [-0.05, 0) is 33.1 Å². The molecule has 2 atom stereocenters. The molecule has 0 bridgehead atoms. The first-order valence-electron chi connectivity index (χ1n) is 4.17. The van der Waals surface area contributed by atoms with Gasteiger partial charge in [0.2, 0.25) is 0 Å². The molecule has 0 aromatic carbocycles. The van der Waals surface area contributed by atoms with Crippen molar-refractivity contribution >= 4 is 0 Å². The van der Waals surface area contributed by atoms with Crippen molar-refractivity contribution in [3.63, 3.8) is 0 Å². The van der Waals surface area contributed by atoms with Crippen LogP contribution in [-0.4, -0.2) is 33.3 Å². The Morgan fingerprint density at radius 1 is 1.25 bits per heavy atom. The monoisotopic (exact) mass is 177 g/mol. The van der Waals surface area contributed by atoms with Crippen molar-refractivity contribution < 1.29 is 15.3 Å². The lowest BCUT2D eigenvalue weighted by Gasteiger charge is -2.03. The molecule has 5 N–H and O–H groups in total. The molecule has 1 aliphatic carbocycles. The Hall–Kier alpha value is -0.160. The maximum atomic E-state index is 8.82. The molecule has 0 heterocycles. The predicted molar refractivity (Wildman–Crippen MR) is 46.3 cm³/mol. The van der Waals surface area contributed by atoms with Gasteiger partial charge in [-0.25, -0.2) is 0 Å². The highest BCUT2D eigenvalue weighted by molar-refractivity contribution is 4.76. The molecule has 0 radical (unpaired) electrons. The molecule has 0 aromatic heterocycles. The minimum absolute atomic E-state index is 0.102. The van der Waals surface area contributed by atoms with E-state index in [2.05, 4.69) is 0 Å². The maximum Gasteiger partial charge on any atom is 0.156 e. The molecule has 0 saturated heterocycles. The molecule has 0 aliphatic heterocycles. The summed E-state index contributed by atoms with van der Waals surface area (Å²) in [4.78, 5) is 0. The molecule has 12 heavy (non-hydrogen) atoms. The normalized spacial score (nSPS) is 29.5. The van der Waals surface area contributed by atoms with Gasteiger partial charge in [0.15, 0.2) is 5.79 Å². The average Bonchev–Trinajstić information content (AvgIpc) is 2.09. The van der Waals surface area contributed by atoms with Crippen LogP contribution in [0.25, 0.3) is 0 Å². The summed E-state index contributed by atoms with van der Waals surface area (Å²) in [7, 11) is 0. The van der Waals surface area contributed by atoms with Gasteiger partial charge in [-0.3, -0.25) is 0 Å². The molecule has 0 spiro atoms. The minimum Gasteiger partial charge on any atom is -0.393 e. The lowest BCUT2D eigenvalue weighted by molar-refractivity contribution is -0.127. The number of hydrogen-bond acceptors (Lipinski definition) is 4. The Bertz CT molecular complexity index is 108. The molecule has 1 rings (SSSR count). The Morgan fingerprint density at radius 3 is 1.75 bits per heavy atom. The number of rotatable bonds is 0. The van der Waals surface area contributed by atoms with Crippen molar-refractivity contribution in [3.8, 4) is 0 Å². The molecule has 0 aromatic rings. The molecule has 0 unspecified atom stereocenters. The highest BCUT2D eigenvalue weighted by atomic mass is 16.5. The summed E-state index contributed by atoms with van der Waals surface area (Å²) in [5.74, 6) is -1.50. The second-order valence-corrected chi connectivity index (χ2v) is 3.72. The van der Waals surface area contributed by atoms with Crippen LogP contribution < -0.4 is 5.73 Å². The van der Waals surface area contributed by atoms with Crippen LogP contribution >= 0.6 is 0 Å². The molecule has 4 nitrogen and oxygen atoms in total. The Labute approximate surface area is 73.0 Å². The number of aliphatic hydroxyl groups excluding tert-OH is 1. The predicted octanol–water partition coefficient (Wildman–Crippen LogP) is -0.434. The smallest absolute Gasteiger partial charge is 0.156 e. The van der Waals surface area contributed by atoms with E-state index in [-0.39, 0.29) is 12.1 Å². The largest absolute Gasteiger partial charge is 0.393 e. The van der Waals surface area contributed by atoms with Gasteiger partial charge in [0.25, 0.3) is 0 Å². The SMILES string of the molecule is CC(C)(O)O.N[C@H]1CC[C@@H](O)C1. The second kappa shape index (κ2) is 4.77. The number of nitrogens with two attached hydrogens (primary N) is 1. The molecule has 1 saturated carbocycles. The zero-order chi connectivity index (χ0) is 9.78. The van der Waals surface area contributed by atoms with Gasteiger partial charge in [0, 0.05) is 6.04 Å². The highest BCUT2D eigenvalue weighted by Gasteiger charge is 2.18. The van der Waals surface area contributed by atoms with E-state index in [4.69, 9.17) is 21.1 Å². The molecular formula is C8H19NO3. The fourth-order valence-corrected chi connectivity index (χ4v) is 0.992. The topological polar surface area (TPSA) is 86.7 Å². The van der Waals surface area contributed by atoms with E-state index in [1.807, 2.05) is 0 Å². The summed E-state index contributed by atoms with van der Waals surface area (Å²) in [5.41, 5.74) is 5.47. The van der Waals surface area contributed by atoms with Crippen LogP contribution in [0.4, 0.5) is 0 Å². The van der Waals surface area contributed by atoms with Gasteiger partial charge in [-0.2, -0.15) is 0 Å². The van der Waals surface area contributed by atoms with E-state index < -0.39 is 5.79 Å². The second-order valence-electron chi connectivity index (χ2n) is 3.72. The van der Waals surface area contributed by atoms with Gasteiger partial charge in [-0.1, -0.05) is 0 Å².